The Morgan fingerprint density at radius 3 is 2.76 bits per heavy atom. The van der Waals surface area contributed by atoms with E-state index in [1.54, 1.807) is 0 Å². The molecule has 1 saturated heterocycles. The largest absolute Gasteiger partial charge is 0.489 e. The number of hydrogen-bond donors (Lipinski definition) is 1. The summed E-state index contributed by atoms with van der Waals surface area (Å²) in [5, 5.41) is 0. The summed E-state index contributed by atoms with van der Waals surface area (Å²) < 4.78 is 6.12. The van der Waals surface area contributed by atoms with E-state index in [0.717, 1.165) is 49.1 Å². The average Bonchev–Trinajstić information content (AvgIpc) is 3.10. The average molecular weight is 341 g/mol. The Morgan fingerprint density at radius 1 is 1.32 bits per heavy atom. The van der Waals surface area contributed by atoms with Crippen molar-refractivity contribution in [1.29, 1.82) is 0 Å². The molecule has 0 aliphatic carbocycles. The first-order chi connectivity index (χ1) is 12.1. The highest BCUT2D eigenvalue weighted by Gasteiger charge is 2.25. The Kier molecular flexibility index (Phi) is 5.38. The van der Waals surface area contributed by atoms with E-state index in [0.29, 0.717) is 0 Å². The highest BCUT2D eigenvalue weighted by atomic mass is 16.5. The van der Waals surface area contributed by atoms with E-state index in [4.69, 9.17) is 10.5 Å². The molecule has 0 bridgehead atoms. The standard InChI is InChI=1S/C19H27N5O/c1-4-23(3)19-21-11-9-18(22-19)24-12-10-17(13-24)25-16-7-5-15(6-8-16)14(2)20/h5-9,11,14,17H,4,10,12-13,20H2,1-3H3/t14-,17+/m0/s1. The summed E-state index contributed by atoms with van der Waals surface area (Å²) in [5.41, 5.74) is 7.01. The number of rotatable bonds is 6. The van der Waals surface area contributed by atoms with Crippen LogP contribution in [0.25, 0.3) is 0 Å². The molecule has 2 atom stereocenters. The van der Waals surface area contributed by atoms with Crippen molar-refractivity contribution in [2.24, 2.45) is 5.73 Å². The Balaban J connectivity index is 1.62. The van der Waals surface area contributed by atoms with Crippen LogP contribution in [0.2, 0.25) is 0 Å². The summed E-state index contributed by atoms with van der Waals surface area (Å²) in [6, 6.07) is 10.1. The smallest absolute Gasteiger partial charge is 0.226 e. The van der Waals surface area contributed by atoms with E-state index in [-0.39, 0.29) is 12.1 Å². The highest BCUT2D eigenvalue weighted by molar-refractivity contribution is 5.44. The van der Waals surface area contributed by atoms with Crippen LogP contribution >= 0.6 is 0 Å². The fourth-order valence-electron chi connectivity index (χ4n) is 2.92. The third-order valence-electron chi connectivity index (χ3n) is 4.62. The molecule has 0 saturated carbocycles. The van der Waals surface area contributed by atoms with Gasteiger partial charge in [0.25, 0.3) is 0 Å². The number of hydrogen-bond acceptors (Lipinski definition) is 6. The second-order valence-electron chi connectivity index (χ2n) is 6.56. The van der Waals surface area contributed by atoms with Crippen molar-refractivity contribution in [3.05, 3.63) is 42.1 Å². The molecule has 1 aromatic heterocycles. The molecule has 1 fully saturated rings. The van der Waals surface area contributed by atoms with Crippen LogP contribution in [-0.4, -0.2) is 42.8 Å². The van der Waals surface area contributed by atoms with E-state index >= 15 is 0 Å². The van der Waals surface area contributed by atoms with Gasteiger partial charge in [-0.1, -0.05) is 12.1 Å². The van der Waals surface area contributed by atoms with Gasteiger partial charge in [-0.25, -0.2) is 4.98 Å². The molecule has 3 rings (SSSR count). The molecular formula is C19H27N5O. The summed E-state index contributed by atoms with van der Waals surface area (Å²) in [7, 11) is 2.00. The lowest BCUT2D eigenvalue weighted by Crippen LogP contribution is -2.26. The quantitative estimate of drug-likeness (QED) is 0.871. The molecule has 1 aliphatic heterocycles. The molecule has 2 N–H and O–H groups in total. The first-order valence-corrected chi connectivity index (χ1v) is 8.88. The zero-order valence-corrected chi connectivity index (χ0v) is 15.2. The zero-order chi connectivity index (χ0) is 17.8. The number of nitrogens with zero attached hydrogens (tertiary/aromatic N) is 4. The van der Waals surface area contributed by atoms with Crippen LogP contribution in [-0.2, 0) is 0 Å². The summed E-state index contributed by atoms with van der Waals surface area (Å²) in [6.45, 7) is 6.73. The lowest BCUT2D eigenvalue weighted by atomic mass is 10.1. The Morgan fingerprint density at radius 2 is 2.08 bits per heavy atom. The van der Waals surface area contributed by atoms with Crippen molar-refractivity contribution in [2.75, 3.05) is 36.5 Å². The zero-order valence-electron chi connectivity index (χ0n) is 15.2. The van der Waals surface area contributed by atoms with Crippen molar-refractivity contribution in [2.45, 2.75) is 32.4 Å². The van der Waals surface area contributed by atoms with Gasteiger partial charge >= 0.3 is 0 Å². The normalized spacial score (nSPS) is 18.2. The van der Waals surface area contributed by atoms with Gasteiger partial charge in [-0.2, -0.15) is 4.98 Å². The maximum atomic E-state index is 6.12. The predicted molar refractivity (Wildman–Crippen MR) is 101 cm³/mol. The minimum absolute atomic E-state index is 0.0456. The van der Waals surface area contributed by atoms with E-state index in [1.807, 2.05) is 55.4 Å². The molecule has 6 nitrogen and oxygen atoms in total. The first-order valence-electron chi connectivity index (χ1n) is 8.88. The van der Waals surface area contributed by atoms with Gasteiger partial charge in [0.2, 0.25) is 5.95 Å². The fraction of sp³-hybridized carbons (Fsp3) is 0.474. The summed E-state index contributed by atoms with van der Waals surface area (Å²) in [6.07, 6.45) is 2.98. The third-order valence-corrected chi connectivity index (χ3v) is 4.62. The Hall–Kier alpha value is -2.34. The molecule has 25 heavy (non-hydrogen) atoms. The summed E-state index contributed by atoms with van der Waals surface area (Å²) in [5.74, 6) is 2.62. The highest BCUT2D eigenvalue weighted by Crippen LogP contribution is 2.24. The molecule has 2 aromatic rings. The van der Waals surface area contributed by atoms with E-state index in [1.165, 1.54) is 0 Å². The van der Waals surface area contributed by atoms with E-state index in [2.05, 4.69) is 21.8 Å². The van der Waals surface area contributed by atoms with Gasteiger partial charge in [0, 0.05) is 38.8 Å². The van der Waals surface area contributed by atoms with Crippen LogP contribution in [0, 0.1) is 0 Å². The lowest BCUT2D eigenvalue weighted by molar-refractivity contribution is 0.225. The van der Waals surface area contributed by atoms with Gasteiger partial charge in [-0.15, -0.1) is 0 Å². The number of anilines is 2. The number of benzene rings is 1. The molecule has 0 unspecified atom stereocenters. The molecule has 6 heteroatoms. The van der Waals surface area contributed by atoms with Crippen LogP contribution in [0.4, 0.5) is 11.8 Å². The number of aromatic nitrogens is 2. The summed E-state index contributed by atoms with van der Waals surface area (Å²) >= 11 is 0. The van der Waals surface area contributed by atoms with Crippen LogP contribution in [0.15, 0.2) is 36.5 Å². The molecule has 1 aliphatic rings. The first kappa shape index (κ1) is 17.5. The SMILES string of the molecule is CCN(C)c1nccc(N2CC[C@@H](Oc3ccc([C@H](C)N)cc3)C2)n1. The monoisotopic (exact) mass is 341 g/mol. The van der Waals surface area contributed by atoms with Crippen molar-refractivity contribution in [3.8, 4) is 5.75 Å². The molecular weight excluding hydrogens is 314 g/mol. The second-order valence-corrected chi connectivity index (χ2v) is 6.56. The van der Waals surface area contributed by atoms with Gasteiger partial charge < -0.3 is 20.3 Å². The number of ether oxygens (including phenoxy) is 1. The van der Waals surface area contributed by atoms with E-state index < -0.39 is 0 Å². The van der Waals surface area contributed by atoms with Gasteiger partial charge in [-0.3, -0.25) is 0 Å². The van der Waals surface area contributed by atoms with Crippen LogP contribution < -0.4 is 20.3 Å². The Labute approximate surface area is 149 Å². The van der Waals surface area contributed by atoms with Gasteiger partial charge in [-0.05, 0) is 37.6 Å². The molecule has 0 amide bonds. The van der Waals surface area contributed by atoms with E-state index in [9.17, 15) is 0 Å². The van der Waals surface area contributed by atoms with Gasteiger partial charge in [0.05, 0.1) is 6.54 Å². The Bertz CT molecular complexity index is 688. The van der Waals surface area contributed by atoms with Crippen molar-refractivity contribution in [3.63, 3.8) is 0 Å². The maximum absolute atomic E-state index is 6.12. The topological polar surface area (TPSA) is 67.5 Å². The minimum atomic E-state index is 0.0456. The second kappa shape index (κ2) is 7.70. The fourth-order valence-corrected chi connectivity index (χ4v) is 2.92. The van der Waals surface area contributed by atoms with Crippen molar-refractivity contribution in [1.82, 2.24) is 9.97 Å². The van der Waals surface area contributed by atoms with Crippen LogP contribution in [0.3, 0.4) is 0 Å². The lowest BCUT2D eigenvalue weighted by Gasteiger charge is -2.20. The predicted octanol–water partition coefficient (Wildman–Crippen LogP) is 2.61. The molecule has 2 heterocycles. The molecule has 0 spiro atoms. The molecule has 134 valence electrons. The van der Waals surface area contributed by atoms with Gasteiger partial charge in [0.1, 0.15) is 17.7 Å². The number of nitrogens with two attached hydrogens (primary N) is 1. The van der Waals surface area contributed by atoms with Crippen LogP contribution in [0.1, 0.15) is 31.9 Å². The van der Waals surface area contributed by atoms with Gasteiger partial charge in [0.15, 0.2) is 0 Å². The molecule has 1 aromatic carbocycles. The van der Waals surface area contributed by atoms with Crippen molar-refractivity contribution < 1.29 is 4.74 Å². The maximum Gasteiger partial charge on any atom is 0.226 e. The summed E-state index contributed by atoms with van der Waals surface area (Å²) in [4.78, 5) is 13.3. The molecule has 0 radical (unpaired) electrons. The van der Waals surface area contributed by atoms with Crippen molar-refractivity contribution >= 4 is 11.8 Å². The van der Waals surface area contributed by atoms with Crippen LogP contribution in [0.5, 0.6) is 5.75 Å². The third kappa shape index (κ3) is 4.20. The minimum Gasteiger partial charge on any atom is -0.489 e.